The van der Waals surface area contributed by atoms with Crippen LogP contribution in [-0.2, 0) is 6.42 Å². The number of hydrogen-bond donors (Lipinski definition) is 0. The minimum atomic E-state index is 0.319. The van der Waals surface area contributed by atoms with Gasteiger partial charge in [0.05, 0.1) is 5.69 Å². The third-order valence-electron chi connectivity index (χ3n) is 1.58. The molecule has 0 atom stereocenters. The SMILES string of the molecule is Clc1ncc2c(n1)CCN=C2. The summed E-state index contributed by atoms with van der Waals surface area (Å²) in [6, 6.07) is 0. The number of aliphatic imine (C=N–C) groups is 1. The molecule has 0 spiro atoms. The molecule has 0 amide bonds. The molecule has 1 aliphatic heterocycles. The highest BCUT2D eigenvalue weighted by Gasteiger charge is 2.06. The van der Waals surface area contributed by atoms with E-state index in [0.29, 0.717) is 5.28 Å². The van der Waals surface area contributed by atoms with Crippen molar-refractivity contribution in [3.05, 3.63) is 22.7 Å². The molecule has 2 rings (SSSR count). The molecule has 56 valence electrons. The minimum absolute atomic E-state index is 0.319. The van der Waals surface area contributed by atoms with E-state index in [1.54, 1.807) is 12.4 Å². The molecule has 11 heavy (non-hydrogen) atoms. The molecule has 0 fully saturated rings. The highest BCUT2D eigenvalue weighted by atomic mass is 35.5. The second kappa shape index (κ2) is 2.58. The van der Waals surface area contributed by atoms with Gasteiger partial charge in [0.2, 0.25) is 5.28 Å². The van der Waals surface area contributed by atoms with Crippen LogP contribution in [-0.4, -0.2) is 22.7 Å². The van der Waals surface area contributed by atoms with Crippen LogP contribution >= 0.6 is 11.6 Å². The van der Waals surface area contributed by atoms with Crippen molar-refractivity contribution in [1.82, 2.24) is 9.97 Å². The summed E-state index contributed by atoms with van der Waals surface area (Å²) in [5.41, 5.74) is 1.99. The van der Waals surface area contributed by atoms with Gasteiger partial charge in [-0.25, -0.2) is 9.97 Å². The van der Waals surface area contributed by atoms with Gasteiger partial charge < -0.3 is 0 Å². The summed E-state index contributed by atoms with van der Waals surface area (Å²) >= 11 is 5.61. The third-order valence-corrected chi connectivity index (χ3v) is 1.76. The van der Waals surface area contributed by atoms with Gasteiger partial charge >= 0.3 is 0 Å². The molecule has 0 aliphatic carbocycles. The minimum Gasteiger partial charge on any atom is -0.292 e. The fraction of sp³-hybridized carbons (Fsp3) is 0.286. The van der Waals surface area contributed by atoms with Crippen molar-refractivity contribution in [2.75, 3.05) is 6.54 Å². The summed E-state index contributed by atoms with van der Waals surface area (Å²) in [5, 5.41) is 0.319. The number of aromatic nitrogens is 2. The van der Waals surface area contributed by atoms with Crippen molar-refractivity contribution < 1.29 is 0 Å². The van der Waals surface area contributed by atoms with E-state index in [1.807, 2.05) is 0 Å². The molecule has 2 heterocycles. The topological polar surface area (TPSA) is 38.1 Å². The smallest absolute Gasteiger partial charge is 0.222 e. The van der Waals surface area contributed by atoms with E-state index in [4.69, 9.17) is 11.6 Å². The van der Waals surface area contributed by atoms with Crippen molar-refractivity contribution in [3.63, 3.8) is 0 Å². The van der Waals surface area contributed by atoms with Gasteiger partial charge in [0, 0.05) is 30.9 Å². The van der Waals surface area contributed by atoms with E-state index in [1.165, 1.54) is 0 Å². The first-order valence-corrected chi connectivity index (χ1v) is 3.75. The highest BCUT2D eigenvalue weighted by molar-refractivity contribution is 6.28. The summed E-state index contributed by atoms with van der Waals surface area (Å²) in [4.78, 5) is 12.0. The maximum atomic E-state index is 5.61. The molecule has 0 bridgehead atoms. The zero-order valence-corrected chi connectivity index (χ0v) is 6.54. The maximum Gasteiger partial charge on any atom is 0.222 e. The van der Waals surface area contributed by atoms with Crippen LogP contribution in [0.15, 0.2) is 11.2 Å². The van der Waals surface area contributed by atoms with Crippen LogP contribution in [0.4, 0.5) is 0 Å². The Labute approximate surface area is 69.2 Å². The second-order valence-corrected chi connectivity index (χ2v) is 2.66. The first-order valence-electron chi connectivity index (χ1n) is 3.37. The number of hydrogen-bond acceptors (Lipinski definition) is 3. The van der Waals surface area contributed by atoms with Crippen LogP contribution < -0.4 is 0 Å². The average molecular weight is 168 g/mol. The molecule has 0 saturated heterocycles. The van der Waals surface area contributed by atoms with Crippen LogP contribution in [0, 0.1) is 0 Å². The Balaban J connectivity index is 2.53. The zero-order chi connectivity index (χ0) is 7.68. The Kier molecular flexibility index (Phi) is 1.58. The summed E-state index contributed by atoms with van der Waals surface area (Å²) in [7, 11) is 0. The standard InChI is InChI=1S/C7H6ClN3/c8-7-10-4-5-3-9-2-1-6(5)11-7/h3-4H,1-2H2. The maximum absolute atomic E-state index is 5.61. The average Bonchev–Trinajstić information content (AvgIpc) is 2.04. The lowest BCUT2D eigenvalue weighted by atomic mass is 10.1. The van der Waals surface area contributed by atoms with Gasteiger partial charge in [-0.1, -0.05) is 0 Å². The van der Waals surface area contributed by atoms with E-state index in [0.717, 1.165) is 24.2 Å². The van der Waals surface area contributed by atoms with Gasteiger partial charge in [-0.2, -0.15) is 0 Å². The molecule has 0 N–H and O–H groups in total. The molecule has 0 saturated carbocycles. The quantitative estimate of drug-likeness (QED) is 0.543. The molecule has 0 radical (unpaired) electrons. The van der Waals surface area contributed by atoms with Crippen LogP contribution in [0.5, 0.6) is 0 Å². The molecule has 1 aliphatic rings. The van der Waals surface area contributed by atoms with Crippen LogP contribution in [0.1, 0.15) is 11.3 Å². The first kappa shape index (κ1) is 6.73. The van der Waals surface area contributed by atoms with Crippen LogP contribution in [0.3, 0.4) is 0 Å². The fourth-order valence-corrected chi connectivity index (χ4v) is 1.19. The third kappa shape index (κ3) is 1.24. The number of fused-ring (bicyclic) bond motifs is 1. The predicted octanol–water partition coefficient (Wildman–Crippen LogP) is 1.10. The number of nitrogens with zero attached hydrogens (tertiary/aromatic N) is 3. The zero-order valence-electron chi connectivity index (χ0n) is 5.79. The van der Waals surface area contributed by atoms with Crippen molar-refractivity contribution >= 4 is 17.8 Å². The Morgan fingerprint density at radius 1 is 1.45 bits per heavy atom. The lowest BCUT2D eigenvalue weighted by Gasteiger charge is -2.06. The number of rotatable bonds is 0. The van der Waals surface area contributed by atoms with Crippen molar-refractivity contribution in [1.29, 1.82) is 0 Å². The summed E-state index contributed by atoms with van der Waals surface area (Å²) in [6.45, 7) is 0.806. The molecular formula is C7H6ClN3. The fourth-order valence-electron chi connectivity index (χ4n) is 1.04. The van der Waals surface area contributed by atoms with E-state index in [2.05, 4.69) is 15.0 Å². The largest absolute Gasteiger partial charge is 0.292 e. The van der Waals surface area contributed by atoms with E-state index >= 15 is 0 Å². The van der Waals surface area contributed by atoms with Crippen molar-refractivity contribution in [2.24, 2.45) is 4.99 Å². The lowest BCUT2D eigenvalue weighted by Crippen LogP contribution is -2.06. The molecular weight excluding hydrogens is 162 g/mol. The molecule has 1 aromatic rings. The Morgan fingerprint density at radius 2 is 2.36 bits per heavy atom. The van der Waals surface area contributed by atoms with Gasteiger partial charge in [0.15, 0.2) is 0 Å². The molecule has 4 heteroatoms. The van der Waals surface area contributed by atoms with Crippen LogP contribution in [0.2, 0.25) is 5.28 Å². The second-order valence-electron chi connectivity index (χ2n) is 2.33. The van der Waals surface area contributed by atoms with Crippen molar-refractivity contribution in [3.8, 4) is 0 Å². The summed E-state index contributed by atoms with van der Waals surface area (Å²) in [6.07, 6.45) is 4.36. The van der Waals surface area contributed by atoms with E-state index in [-0.39, 0.29) is 0 Å². The van der Waals surface area contributed by atoms with Gasteiger partial charge in [-0.3, -0.25) is 4.99 Å². The molecule has 0 aromatic carbocycles. The Morgan fingerprint density at radius 3 is 3.27 bits per heavy atom. The van der Waals surface area contributed by atoms with Gasteiger partial charge in [0.25, 0.3) is 0 Å². The van der Waals surface area contributed by atoms with Gasteiger partial charge in [-0.15, -0.1) is 0 Å². The normalized spacial score (nSPS) is 14.6. The lowest BCUT2D eigenvalue weighted by molar-refractivity contribution is 0.891. The van der Waals surface area contributed by atoms with E-state index in [9.17, 15) is 0 Å². The number of halogens is 1. The molecule has 1 aromatic heterocycles. The van der Waals surface area contributed by atoms with Crippen LogP contribution in [0.25, 0.3) is 0 Å². The Bertz CT molecular complexity index is 309. The van der Waals surface area contributed by atoms with Gasteiger partial charge in [-0.05, 0) is 11.6 Å². The first-order chi connectivity index (χ1) is 5.36. The molecule has 3 nitrogen and oxygen atoms in total. The summed E-state index contributed by atoms with van der Waals surface area (Å²) in [5.74, 6) is 0. The monoisotopic (exact) mass is 167 g/mol. The summed E-state index contributed by atoms with van der Waals surface area (Å²) < 4.78 is 0. The van der Waals surface area contributed by atoms with Gasteiger partial charge in [0.1, 0.15) is 0 Å². The van der Waals surface area contributed by atoms with Crippen molar-refractivity contribution in [2.45, 2.75) is 6.42 Å². The molecule has 0 unspecified atom stereocenters. The Hall–Kier alpha value is -0.960. The highest BCUT2D eigenvalue weighted by Crippen LogP contribution is 2.10. The predicted molar refractivity (Wildman–Crippen MR) is 43.2 cm³/mol. The van der Waals surface area contributed by atoms with E-state index < -0.39 is 0 Å².